The molecule has 2 aliphatic carbocycles. The summed E-state index contributed by atoms with van der Waals surface area (Å²) in [5.74, 6) is -3.86. The minimum Gasteiger partial charge on any atom is -0.326 e. The van der Waals surface area contributed by atoms with Crippen molar-refractivity contribution in [2.45, 2.75) is 43.6 Å². The molecule has 2 aromatic heterocycles. The summed E-state index contributed by atoms with van der Waals surface area (Å²) < 4.78 is 28.4. The Morgan fingerprint density at radius 1 is 1.05 bits per heavy atom. The van der Waals surface area contributed by atoms with Crippen LogP contribution >= 0.6 is 11.6 Å². The molecule has 8 nitrogen and oxygen atoms in total. The van der Waals surface area contributed by atoms with E-state index in [0.717, 1.165) is 30.6 Å². The minimum atomic E-state index is -2.92. The van der Waals surface area contributed by atoms with Gasteiger partial charge in [0.25, 0.3) is 23.3 Å². The summed E-state index contributed by atoms with van der Waals surface area (Å²) in [6.07, 6.45) is 5.47. The predicted molar refractivity (Wildman–Crippen MR) is 140 cm³/mol. The van der Waals surface area contributed by atoms with Crippen LogP contribution in [-0.4, -0.2) is 51.6 Å². The van der Waals surface area contributed by atoms with Crippen molar-refractivity contribution in [3.05, 3.63) is 80.4 Å². The number of rotatable bonds is 7. The van der Waals surface area contributed by atoms with Gasteiger partial charge in [0, 0.05) is 40.0 Å². The molecule has 3 aromatic rings. The average Bonchev–Trinajstić information content (AvgIpc) is 3.80. The van der Waals surface area contributed by atoms with Crippen LogP contribution in [0.15, 0.2) is 47.4 Å². The molecule has 200 valence electrons. The molecule has 1 N–H and O–H groups in total. The lowest BCUT2D eigenvalue weighted by atomic mass is 9.96. The quantitative estimate of drug-likeness (QED) is 0.419. The molecule has 3 heterocycles. The van der Waals surface area contributed by atoms with Crippen molar-refractivity contribution >= 4 is 35.5 Å². The number of aromatic nitrogens is 2. The van der Waals surface area contributed by atoms with Gasteiger partial charge in [0.2, 0.25) is 0 Å². The molecule has 0 spiro atoms. The first-order valence-electron chi connectivity index (χ1n) is 12.6. The number of alkyl halides is 2. The number of anilines is 1. The highest BCUT2D eigenvalue weighted by Gasteiger charge is 2.46. The largest absolute Gasteiger partial charge is 0.326 e. The third-order valence-corrected chi connectivity index (χ3v) is 7.36. The van der Waals surface area contributed by atoms with Gasteiger partial charge in [0.1, 0.15) is 11.4 Å². The lowest BCUT2D eigenvalue weighted by Crippen LogP contribution is -2.58. The molecule has 2 amide bonds. The molecule has 0 radical (unpaired) electrons. The lowest BCUT2D eigenvalue weighted by molar-refractivity contribution is -0.113. The normalized spacial score (nSPS) is 17.9. The zero-order chi connectivity index (χ0) is 27.5. The van der Waals surface area contributed by atoms with Crippen LogP contribution in [0.3, 0.4) is 0 Å². The van der Waals surface area contributed by atoms with Gasteiger partial charge in [-0.05, 0) is 67.1 Å². The van der Waals surface area contributed by atoms with Crippen LogP contribution in [0.1, 0.15) is 74.4 Å². The molecular weight excluding hydrogens is 530 g/mol. The monoisotopic (exact) mass is 552 g/mol. The van der Waals surface area contributed by atoms with E-state index in [-0.39, 0.29) is 39.5 Å². The van der Waals surface area contributed by atoms with Crippen molar-refractivity contribution < 1.29 is 23.2 Å². The number of halogens is 3. The van der Waals surface area contributed by atoms with Gasteiger partial charge in [0.15, 0.2) is 6.29 Å². The van der Waals surface area contributed by atoms with E-state index >= 15 is 0 Å². The fraction of sp³-hybridized carbons (Fsp3) is 0.321. The zero-order valence-corrected chi connectivity index (χ0v) is 21.4. The Hall–Kier alpha value is -3.92. The van der Waals surface area contributed by atoms with Crippen molar-refractivity contribution in [1.82, 2.24) is 14.5 Å². The minimum absolute atomic E-state index is 0.0286. The Bertz CT molecular complexity index is 1590. The molecule has 39 heavy (non-hydrogen) atoms. The Balaban J connectivity index is 1.37. The van der Waals surface area contributed by atoms with Gasteiger partial charge in [-0.3, -0.25) is 19.2 Å². The molecular formula is C28H23ClF2N4O4. The summed E-state index contributed by atoms with van der Waals surface area (Å²) in [5.41, 5.74) is 1.42. The van der Waals surface area contributed by atoms with Gasteiger partial charge in [-0.2, -0.15) is 0 Å². The summed E-state index contributed by atoms with van der Waals surface area (Å²) >= 11 is 6.16. The number of likely N-dealkylation sites (tertiary alicyclic amines) is 1. The van der Waals surface area contributed by atoms with Crippen LogP contribution in [-0.2, 0) is 0 Å². The van der Waals surface area contributed by atoms with Gasteiger partial charge < -0.3 is 14.8 Å². The molecule has 0 atom stereocenters. The van der Waals surface area contributed by atoms with E-state index in [4.69, 9.17) is 11.6 Å². The Morgan fingerprint density at radius 2 is 1.79 bits per heavy atom. The molecule has 1 saturated heterocycles. The molecule has 6 rings (SSSR count). The molecule has 0 bridgehead atoms. The molecule has 1 aromatic carbocycles. The van der Waals surface area contributed by atoms with Gasteiger partial charge in [-0.15, -0.1) is 0 Å². The first-order valence-corrected chi connectivity index (χ1v) is 13.0. The van der Waals surface area contributed by atoms with Crippen LogP contribution in [0.2, 0.25) is 5.02 Å². The third-order valence-electron chi connectivity index (χ3n) is 7.12. The summed E-state index contributed by atoms with van der Waals surface area (Å²) in [5, 5.41) is 2.97. The summed E-state index contributed by atoms with van der Waals surface area (Å²) in [4.78, 5) is 56.4. The van der Waals surface area contributed by atoms with Gasteiger partial charge in [0.05, 0.1) is 13.1 Å². The highest BCUT2D eigenvalue weighted by atomic mass is 35.5. The standard InChI is InChI=1S/C28H23ClF2N4O4/c29-18-3-6-20(21(10-18)26(38)34-13-28(30,31)14-34)17-8-23(16-1-2-16)32-24(9-17)33-25(37)22-7-15(12-36)11-35(27(22)39)19-4-5-19/h3,6-12,16,19H,1-2,4-5,13-14H2,(H,32,33,37). The van der Waals surface area contributed by atoms with Crippen LogP contribution in [0.4, 0.5) is 14.6 Å². The molecule has 2 saturated carbocycles. The zero-order valence-electron chi connectivity index (χ0n) is 20.6. The predicted octanol–water partition coefficient (Wildman–Crippen LogP) is 4.93. The Labute approximate surface area is 226 Å². The van der Waals surface area contributed by atoms with E-state index < -0.39 is 36.4 Å². The van der Waals surface area contributed by atoms with Crippen LogP contribution < -0.4 is 10.9 Å². The van der Waals surface area contributed by atoms with Crippen molar-refractivity contribution in [2.24, 2.45) is 0 Å². The van der Waals surface area contributed by atoms with E-state index in [1.165, 1.54) is 22.9 Å². The smallest absolute Gasteiger partial charge is 0.282 e. The van der Waals surface area contributed by atoms with E-state index in [9.17, 15) is 28.0 Å². The number of nitrogens with one attached hydrogen (secondary N) is 1. The van der Waals surface area contributed by atoms with Crippen molar-refractivity contribution in [2.75, 3.05) is 18.4 Å². The molecule has 1 aliphatic heterocycles. The summed E-state index contributed by atoms with van der Waals surface area (Å²) in [6, 6.07) is 9.28. The van der Waals surface area contributed by atoms with Gasteiger partial charge in [-0.25, -0.2) is 13.8 Å². The second-order valence-electron chi connectivity index (χ2n) is 10.3. The average molecular weight is 553 g/mol. The van der Waals surface area contributed by atoms with Crippen LogP contribution in [0, 0.1) is 0 Å². The van der Waals surface area contributed by atoms with Crippen LogP contribution in [0.25, 0.3) is 11.1 Å². The number of hydrogen-bond donors (Lipinski definition) is 1. The van der Waals surface area contributed by atoms with E-state index in [1.807, 2.05) is 6.07 Å². The number of amides is 2. The van der Waals surface area contributed by atoms with E-state index in [1.54, 1.807) is 18.2 Å². The number of hydrogen-bond acceptors (Lipinski definition) is 5. The fourth-order valence-electron chi connectivity index (χ4n) is 4.79. The maximum absolute atomic E-state index is 13.5. The van der Waals surface area contributed by atoms with Gasteiger partial charge in [-0.1, -0.05) is 17.7 Å². The first kappa shape index (κ1) is 25.4. The molecule has 11 heteroatoms. The van der Waals surface area contributed by atoms with Crippen molar-refractivity contribution in [3.8, 4) is 11.1 Å². The lowest BCUT2D eigenvalue weighted by Gasteiger charge is -2.39. The van der Waals surface area contributed by atoms with E-state index in [2.05, 4.69) is 10.3 Å². The van der Waals surface area contributed by atoms with Crippen molar-refractivity contribution in [3.63, 3.8) is 0 Å². The second kappa shape index (κ2) is 9.37. The second-order valence-corrected chi connectivity index (χ2v) is 10.8. The number of aldehydes is 1. The molecule has 3 fully saturated rings. The Morgan fingerprint density at radius 3 is 2.44 bits per heavy atom. The maximum atomic E-state index is 13.5. The third kappa shape index (κ3) is 5.08. The van der Waals surface area contributed by atoms with Crippen LogP contribution in [0.5, 0.6) is 0 Å². The van der Waals surface area contributed by atoms with E-state index in [0.29, 0.717) is 23.1 Å². The fourth-order valence-corrected chi connectivity index (χ4v) is 4.96. The highest BCUT2D eigenvalue weighted by Crippen LogP contribution is 2.42. The SMILES string of the molecule is O=Cc1cc(C(=O)Nc2cc(-c3ccc(Cl)cc3C(=O)N3CC(F)(F)C3)cc(C3CC3)n2)c(=O)n(C2CC2)c1. The number of pyridine rings is 2. The van der Waals surface area contributed by atoms with Crippen molar-refractivity contribution in [1.29, 1.82) is 0 Å². The number of benzene rings is 1. The molecule has 0 unspecified atom stereocenters. The first-order chi connectivity index (χ1) is 18.6. The topological polar surface area (TPSA) is 101 Å². The summed E-state index contributed by atoms with van der Waals surface area (Å²) in [7, 11) is 0. The molecule has 3 aliphatic rings. The number of carbonyl (C=O) groups is 3. The summed E-state index contributed by atoms with van der Waals surface area (Å²) in [6.45, 7) is -1.33. The highest BCUT2D eigenvalue weighted by molar-refractivity contribution is 6.31. The number of carbonyl (C=O) groups excluding carboxylic acids is 3. The Kier molecular flexibility index (Phi) is 6.10. The van der Waals surface area contributed by atoms with Gasteiger partial charge >= 0.3 is 0 Å². The maximum Gasteiger partial charge on any atom is 0.282 e. The number of nitrogens with zero attached hydrogens (tertiary/aromatic N) is 3.